The highest BCUT2D eigenvalue weighted by atomic mass is 35.5. The van der Waals surface area contributed by atoms with Gasteiger partial charge in [0.15, 0.2) is 0 Å². The van der Waals surface area contributed by atoms with Crippen LogP contribution in [-0.4, -0.2) is 19.0 Å². The first-order valence-corrected chi connectivity index (χ1v) is 9.61. The summed E-state index contributed by atoms with van der Waals surface area (Å²) in [6, 6.07) is 17.6. The standard InChI is InChI=1S/C22H29N3O.2ClH/c1-17(21(23)18-10-5-4-6-11-18)22(26)24-19-12-9-13-20(16-19)25-14-7-2-3-8-15-25;;/h4-6,9-13,16-17,21H,2-3,7-8,14-15,23H2,1H3,(H,24,26);2*1H. The third-order valence-corrected chi connectivity index (χ3v) is 5.22. The molecule has 6 heteroatoms. The number of carbonyl (C=O) groups excluding carboxylic acids is 1. The van der Waals surface area contributed by atoms with E-state index in [1.165, 1.54) is 31.4 Å². The highest BCUT2D eigenvalue weighted by Gasteiger charge is 2.22. The molecule has 2 aromatic carbocycles. The van der Waals surface area contributed by atoms with Crippen molar-refractivity contribution in [2.24, 2.45) is 11.7 Å². The van der Waals surface area contributed by atoms with Gasteiger partial charge in [-0.1, -0.05) is 56.2 Å². The molecular weight excluding hydrogens is 393 g/mol. The van der Waals surface area contributed by atoms with Crippen molar-refractivity contribution < 1.29 is 4.79 Å². The molecule has 1 aliphatic heterocycles. The normalized spacial score (nSPS) is 16.0. The van der Waals surface area contributed by atoms with E-state index in [0.717, 1.165) is 24.3 Å². The fraction of sp³-hybridized carbons (Fsp3) is 0.409. The van der Waals surface area contributed by atoms with Gasteiger partial charge in [0.2, 0.25) is 5.91 Å². The third-order valence-electron chi connectivity index (χ3n) is 5.22. The number of hydrogen-bond donors (Lipinski definition) is 2. The van der Waals surface area contributed by atoms with Crippen molar-refractivity contribution in [1.82, 2.24) is 0 Å². The minimum absolute atomic E-state index is 0. The van der Waals surface area contributed by atoms with Crippen LogP contribution >= 0.6 is 24.8 Å². The lowest BCUT2D eigenvalue weighted by Gasteiger charge is -2.24. The van der Waals surface area contributed by atoms with Gasteiger partial charge in [-0.15, -0.1) is 24.8 Å². The quantitative estimate of drug-likeness (QED) is 0.695. The molecule has 0 aliphatic carbocycles. The molecule has 3 N–H and O–H groups in total. The lowest BCUT2D eigenvalue weighted by atomic mass is 9.94. The van der Waals surface area contributed by atoms with Gasteiger partial charge in [0.05, 0.1) is 5.92 Å². The lowest BCUT2D eigenvalue weighted by Crippen LogP contribution is -2.30. The second-order valence-electron chi connectivity index (χ2n) is 7.17. The smallest absolute Gasteiger partial charge is 0.229 e. The number of nitrogens with two attached hydrogens (primary N) is 1. The maximum atomic E-state index is 12.7. The van der Waals surface area contributed by atoms with E-state index in [1.807, 2.05) is 49.4 Å². The molecule has 28 heavy (non-hydrogen) atoms. The second-order valence-corrected chi connectivity index (χ2v) is 7.17. The highest BCUT2D eigenvalue weighted by Crippen LogP contribution is 2.25. The van der Waals surface area contributed by atoms with Crippen LogP contribution in [-0.2, 0) is 4.79 Å². The summed E-state index contributed by atoms with van der Waals surface area (Å²) in [5, 5.41) is 3.04. The van der Waals surface area contributed by atoms with Crippen molar-refractivity contribution in [3.63, 3.8) is 0 Å². The molecule has 1 amide bonds. The van der Waals surface area contributed by atoms with E-state index >= 15 is 0 Å². The number of benzene rings is 2. The van der Waals surface area contributed by atoms with Gasteiger partial charge in [-0.25, -0.2) is 0 Å². The van der Waals surface area contributed by atoms with Gasteiger partial charge in [-0.3, -0.25) is 4.79 Å². The van der Waals surface area contributed by atoms with Crippen LogP contribution in [0.3, 0.4) is 0 Å². The summed E-state index contributed by atoms with van der Waals surface area (Å²) in [7, 11) is 0. The van der Waals surface area contributed by atoms with E-state index in [4.69, 9.17) is 5.73 Å². The molecule has 0 aromatic heterocycles. The minimum Gasteiger partial charge on any atom is -0.371 e. The summed E-state index contributed by atoms with van der Waals surface area (Å²) >= 11 is 0. The van der Waals surface area contributed by atoms with Gasteiger partial charge in [0, 0.05) is 30.5 Å². The Bertz CT molecular complexity index is 719. The van der Waals surface area contributed by atoms with Gasteiger partial charge in [0.25, 0.3) is 0 Å². The number of amides is 1. The number of hydrogen-bond acceptors (Lipinski definition) is 3. The Morgan fingerprint density at radius 2 is 1.61 bits per heavy atom. The number of anilines is 2. The van der Waals surface area contributed by atoms with E-state index in [1.54, 1.807) is 0 Å². The molecule has 0 bridgehead atoms. The topological polar surface area (TPSA) is 58.4 Å². The second kappa shape index (κ2) is 11.9. The largest absolute Gasteiger partial charge is 0.371 e. The summed E-state index contributed by atoms with van der Waals surface area (Å²) in [6.45, 7) is 4.06. The molecule has 4 nitrogen and oxygen atoms in total. The molecule has 3 rings (SSSR count). The van der Waals surface area contributed by atoms with Crippen LogP contribution in [0.2, 0.25) is 0 Å². The van der Waals surface area contributed by atoms with Crippen LogP contribution in [0.1, 0.15) is 44.2 Å². The molecular formula is C22H31Cl2N3O. The summed E-state index contributed by atoms with van der Waals surface area (Å²) in [5.74, 6) is -0.353. The van der Waals surface area contributed by atoms with Crippen LogP contribution in [0.25, 0.3) is 0 Å². The van der Waals surface area contributed by atoms with Gasteiger partial charge in [-0.05, 0) is 36.6 Å². The molecule has 0 radical (unpaired) electrons. The van der Waals surface area contributed by atoms with Gasteiger partial charge in [0.1, 0.15) is 0 Å². The first kappa shape index (κ1) is 24.3. The van der Waals surface area contributed by atoms with Crippen molar-refractivity contribution in [1.29, 1.82) is 0 Å². The predicted octanol–water partition coefficient (Wildman–Crippen LogP) is 5.19. The molecule has 2 aromatic rings. The molecule has 0 spiro atoms. The fourth-order valence-electron chi connectivity index (χ4n) is 3.49. The average Bonchev–Trinajstić information content (AvgIpc) is 2.97. The van der Waals surface area contributed by atoms with E-state index in [9.17, 15) is 4.79 Å². The number of carbonyl (C=O) groups is 1. The third kappa shape index (κ3) is 6.40. The Morgan fingerprint density at radius 1 is 0.964 bits per heavy atom. The predicted molar refractivity (Wildman–Crippen MR) is 123 cm³/mol. The maximum absolute atomic E-state index is 12.7. The van der Waals surface area contributed by atoms with Crippen LogP contribution in [0.15, 0.2) is 54.6 Å². The zero-order chi connectivity index (χ0) is 18.4. The van der Waals surface area contributed by atoms with E-state index in [2.05, 4.69) is 22.3 Å². The van der Waals surface area contributed by atoms with Crippen LogP contribution < -0.4 is 16.0 Å². The van der Waals surface area contributed by atoms with Crippen molar-refractivity contribution in [3.8, 4) is 0 Å². The Hall–Kier alpha value is -1.75. The van der Waals surface area contributed by atoms with Crippen molar-refractivity contribution in [2.75, 3.05) is 23.3 Å². The molecule has 1 heterocycles. The Balaban J connectivity index is 0.00000196. The van der Waals surface area contributed by atoms with E-state index < -0.39 is 0 Å². The molecule has 2 unspecified atom stereocenters. The Labute approximate surface area is 180 Å². The summed E-state index contributed by atoms with van der Waals surface area (Å²) in [5.41, 5.74) is 9.29. The minimum atomic E-state index is -0.315. The fourth-order valence-corrected chi connectivity index (χ4v) is 3.49. The number of nitrogens with one attached hydrogen (secondary N) is 1. The number of nitrogens with zero attached hydrogens (tertiary/aromatic N) is 1. The molecule has 154 valence electrons. The first-order chi connectivity index (χ1) is 12.6. The van der Waals surface area contributed by atoms with Gasteiger partial charge >= 0.3 is 0 Å². The molecule has 1 fully saturated rings. The van der Waals surface area contributed by atoms with E-state index in [0.29, 0.717) is 0 Å². The first-order valence-electron chi connectivity index (χ1n) is 9.61. The zero-order valence-corrected chi connectivity index (χ0v) is 18.0. The molecule has 1 saturated heterocycles. The average molecular weight is 424 g/mol. The lowest BCUT2D eigenvalue weighted by molar-refractivity contribution is -0.120. The number of halogens is 2. The molecule has 0 saturated carbocycles. The van der Waals surface area contributed by atoms with Gasteiger partial charge in [-0.2, -0.15) is 0 Å². The van der Waals surface area contributed by atoms with E-state index in [-0.39, 0.29) is 42.7 Å². The van der Waals surface area contributed by atoms with Crippen molar-refractivity contribution >= 4 is 42.1 Å². The molecule has 1 aliphatic rings. The summed E-state index contributed by atoms with van der Waals surface area (Å²) < 4.78 is 0. The number of rotatable bonds is 5. The highest BCUT2D eigenvalue weighted by molar-refractivity contribution is 5.93. The SMILES string of the molecule is CC(C(=O)Nc1cccc(N2CCCCCC2)c1)C(N)c1ccccc1.Cl.Cl. The summed E-state index contributed by atoms with van der Waals surface area (Å²) in [4.78, 5) is 15.1. The maximum Gasteiger partial charge on any atom is 0.229 e. The van der Waals surface area contributed by atoms with Gasteiger partial charge < -0.3 is 16.0 Å². The molecule has 2 atom stereocenters. The monoisotopic (exact) mass is 423 g/mol. The van der Waals surface area contributed by atoms with Crippen LogP contribution in [0.5, 0.6) is 0 Å². The van der Waals surface area contributed by atoms with Crippen LogP contribution in [0, 0.1) is 5.92 Å². The Morgan fingerprint density at radius 3 is 2.25 bits per heavy atom. The van der Waals surface area contributed by atoms with Crippen LogP contribution in [0.4, 0.5) is 11.4 Å². The van der Waals surface area contributed by atoms with Crippen molar-refractivity contribution in [3.05, 3.63) is 60.2 Å². The zero-order valence-electron chi connectivity index (χ0n) is 16.3. The summed E-state index contributed by atoms with van der Waals surface area (Å²) in [6.07, 6.45) is 5.09. The van der Waals surface area contributed by atoms with Crippen molar-refractivity contribution in [2.45, 2.75) is 38.6 Å². The Kier molecular flexibility index (Phi) is 10.4.